The molecule has 2 heteroatoms. The molecule has 0 unspecified atom stereocenters. The van der Waals surface area contributed by atoms with Gasteiger partial charge in [0, 0.05) is 0 Å². The molecule has 3 rings (SSSR count). The van der Waals surface area contributed by atoms with Gasteiger partial charge >= 0.3 is 5.97 Å². The average molecular weight is 292 g/mol. The predicted molar refractivity (Wildman–Crippen MR) is 89.0 cm³/mol. The van der Waals surface area contributed by atoms with E-state index in [4.69, 9.17) is 4.74 Å². The highest BCUT2D eigenvalue weighted by Crippen LogP contribution is 2.37. The summed E-state index contributed by atoms with van der Waals surface area (Å²) in [5, 5.41) is 0. The third-order valence-corrected chi connectivity index (χ3v) is 3.98. The highest BCUT2D eigenvalue weighted by atomic mass is 16.5. The van der Waals surface area contributed by atoms with Crippen LogP contribution in [0.25, 0.3) is 5.57 Å². The van der Waals surface area contributed by atoms with Gasteiger partial charge < -0.3 is 4.74 Å². The van der Waals surface area contributed by atoms with Crippen LogP contribution in [0.5, 0.6) is 5.75 Å². The van der Waals surface area contributed by atoms with Crippen molar-refractivity contribution in [2.75, 3.05) is 0 Å². The van der Waals surface area contributed by atoms with Crippen molar-refractivity contribution in [2.24, 2.45) is 5.41 Å². The smallest absolute Gasteiger partial charge is 0.343 e. The van der Waals surface area contributed by atoms with Gasteiger partial charge in [-0.1, -0.05) is 44.2 Å². The summed E-state index contributed by atoms with van der Waals surface area (Å²) < 4.78 is 5.50. The van der Waals surface area contributed by atoms with E-state index in [2.05, 4.69) is 32.9 Å². The van der Waals surface area contributed by atoms with E-state index in [0.29, 0.717) is 11.3 Å². The van der Waals surface area contributed by atoms with E-state index >= 15 is 0 Å². The molecule has 0 fully saturated rings. The maximum Gasteiger partial charge on any atom is 0.343 e. The fourth-order valence-electron chi connectivity index (χ4n) is 3.09. The normalized spacial score (nSPS) is 15.7. The van der Waals surface area contributed by atoms with Crippen molar-refractivity contribution < 1.29 is 9.53 Å². The highest BCUT2D eigenvalue weighted by molar-refractivity contribution is 5.91. The number of carbonyl (C=O) groups is 1. The van der Waals surface area contributed by atoms with Crippen molar-refractivity contribution in [1.29, 1.82) is 0 Å². The molecule has 0 radical (unpaired) electrons. The topological polar surface area (TPSA) is 26.3 Å². The van der Waals surface area contributed by atoms with Gasteiger partial charge in [0.25, 0.3) is 0 Å². The van der Waals surface area contributed by atoms with Gasteiger partial charge in [0.2, 0.25) is 0 Å². The molecule has 0 heterocycles. The molecule has 112 valence electrons. The first-order valence-corrected chi connectivity index (χ1v) is 7.55. The fourth-order valence-corrected chi connectivity index (χ4v) is 3.09. The molecule has 0 saturated carbocycles. The van der Waals surface area contributed by atoms with Crippen molar-refractivity contribution in [3.63, 3.8) is 0 Å². The lowest BCUT2D eigenvalue weighted by molar-refractivity contribution is 0.0734. The minimum atomic E-state index is -0.321. The van der Waals surface area contributed by atoms with Gasteiger partial charge in [-0.15, -0.1) is 0 Å². The molecule has 0 atom stereocenters. The number of fused-ring (bicyclic) bond motifs is 1. The molecule has 1 aliphatic carbocycles. The van der Waals surface area contributed by atoms with Gasteiger partial charge in [-0.25, -0.2) is 4.79 Å². The summed E-state index contributed by atoms with van der Waals surface area (Å²) in [4.78, 5) is 12.1. The molecule has 0 amide bonds. The summed E-state index contributed by atoms with van der Waals surface area (Å²) in [6.07, 6.45) is 3.30. The zero-order valence-electron chi connectivity index (χ0n) is 13.2. The van der Waals surface area contributed by atoms with Crippen LogP contribution in [0.15, 0.2) is 54.6 Å². The van der Waals surface area contributed by atoms with Crippen LogP contribution in [0, 0.1) is 5.41 Å². The Labute approximate surface area is 131 Å². The van der Waals surface area contributed by atoms with Crippen LogP contribution >= 0.6 is 0 Å². The molecule has 0 bridgehead atoms. The largest absolute Gasteiger partial charge is 0.423 e. The molecule has 0 saturated heterocycles. The van der Waals surface area contributed by atoms with Gasteiger partial charge in [0.15, 0.2) is 0 Å². The van der Waals surface area contributed by atoms with Crippen LogP contribution < -0.4 is 4.74 Å². The minimum Gasteiger partial charge on any atom is -0.423 e. The van der Waals surface area contributed by atoms with E-state index in [9.17, 15) is 4.79 Å². The zero-order chi connectivity index (χ0) is 15.7. The van der Waals surface area contributed by atoms with Crippen LogP contribution in [0.2, 0.25) is 0 Å². The number of ether oxygens (including phenoxy) is 1. The van der Waals surface area contributed by atoms with E-state index in [1.165, 1.54) is 16.7 Å². The number of rotatable bonds is 2. The number of hydrogen-bond acceptors (Lipinski definition) is 2. The standard InChI is InChI=1S/C20H20O2/c1-14-12-20(2,3)13-16-9-10-17(11-18(14)16)22-19(21)15-7-5-4-6-8-15/h4-12H,13H2,1-3H3. The SMILES string of the molecule is CC1=CC(C)(C)Cc2ccc(OC(=O)c3ccccc3)cc21. The molecule has 0 spiro atoms. The van der Waals surface area contributed by atoms with Gasteiger partial charge in [0.1, 0.15) is 5.75 Å². The Morgan fingerprint density at radius 1 is 1.09 bits per heavy atom. The molecule has 1 aliphatic rings. The summed E-state index contributed by atoms with van der Waals surface area (Å²) in [7, 11) is 0. The summed E-state index contributed by atoms with van der Waals surface area (Å²) in [5.41, 5.74) is 4.47. The van der Waals surface area contributed by atoms with E-state index in [1.54, 1.807) is 12.1 Å². The second kappa shape index (κ2) is 5.45. The third-order valence-electron chi connectivity index (χ3n) is 3.98. The highest BCUT2D eigenvalue weighted by Gasteiger charge is 2.24. The number of allylic oxidation sites excluding steroid dienone is 2. The Kier molecular flexibility index (Phi) is 3.61. The van der Waals surface area contributed by atoms with E-state index in [0.717, 1.165) is 6.42 Å². The Bertz CT molecular complexity index is 740. The first-order chi connectivity index (χ1) is 10.4. The van der Waals surface area contributed by atoms with Crippen LogP contribution in [0.1, 0.15) is 42.3 Å². The molecule has 2 aromatic rings. The monoisotopic (exact) mass is 292 g/mol. The van der Waals surface area contributed by atoms with Crippen LogP contribution in [-0.2, 0) is 6.42 Å². The van der Waals surface area contributed by atoms with Crippen molar-refractivity contribution in [2.45, 2.75) is 27.2 Å². The lowest BCUT2D eigenvalue weighted by atomic mass is 9.76. The summed E-state index contributed by atoms with van der Waals surface area (Å²) in [6.45, 7) is 6.59. The van der Waals surface area contributed by atoms with Gasteiger partial charge in [-0.3, -0.25) is 0 Å². The summed E-state index contributed by atoms with van der Waals surface area (Å²) in [5.74, 6) is 0.276. The molecule has 22 heavy (non-hydrogen) atoms. The maximum absolute atomic E-state index is 12.1. The number of carbonyl (C=O) groups excluding carboxylic acids is 1. The Hall–Kier alpha value is -2.35. The van der Waals surface area contributed by atoms with Crippen molar-refractivity contribution >= 4 is 11.5 Å². The predicted octanol–water partition coefficient (Wildman–Crippen LogP) is 4.89. The number of hydrogen-bond donors (Lipinski definition) is 0. The van der Waals surface area contributed by atoms with Crippen LogP contribution in [-0.4, -0.2) is 5.97 Å². The van der Waals surface area contributed by atoms with E-state index in [-0.39, 0.29) is 11.4 Å². The van der Waals surface area contributed by atoms with E-state index in [1.807, 2.05) is 30.3 Å². The minimum absolute atomic E-state index is 0.180. The van der Waals surface area contributed by atoms with Gasteiger partial charge in [0.05, 0.1) is 5.56 Å². The molecular formula is C20H20O2. The van der Waals surface area contributed by atoms with Gasteiger partial charge in [-0.2, -0.15) is 0 Å². The summed E-state index contributed by atoms with van der Waals surface area (Å²) >= 11 is 0. The fraction of sp³-hybridized carbons (Fsp3) is 0.250. The number of esters is 1. The van der Waals surface area contributed by atoms with E-state index < -0.39 is 0 Å². The third kappa shape index (κ3) is 2.96. The first-order valence-electron chi connectivity index (χ1n) is 7.55. The first kappa shape index (κ1) is 14.6. The summed E-state index contributed by atoms with van der Waals surface area (Å²) in [6, 6.07) is 15.0. The second-order valence-electron chi connectivity index (χ2n) is 6.57. The zero-order valence-corrected chi connectivity index (χ0v) is 13.2. The maximum atomic E-state index is 12.1. The molecule has 0 N–H and O–H groups in total. The number of benzene rings is 2. The molecule has 2 nitrogen and oxygen atoms in total. The van der Waals surface area contributed by atoms with Crippen molar-refractivity contribution in [3.8, 4) is 5.75 Å². The molecular weight excluding hydrogens is 272 g/mol. The quantitative estimate of drug-likeness (QED) is 0.582. The van der Waals surface area contributed by atoms with Gasteiger partial charge in [-0.05, 0) is 59.7 Å². The average Bonchev–Trinajstić information content (AvgIpc) is 2.48. The molecule has 2 aromatic carbocycles. The van der Waals surface area contributed by atoms with Crippen LogP contribution in [0.3, 0.4) is 0 Å². The Balaban J connectivity index is 1.86. The second-order valence-corrected chi connectivity index (χ2v) is 6.57. The van der Waals surface area contributed by atoms with Crippen molar-refractivity contribution in [3.05, 3.63) is 71.3 Å². The lowest BCUT2D eigenvalue weighted by Crippen LogP contribution is -2.17. The Morgan fingerprint density at radius 3 is 2.55 bits per heavy atom. The van der Waals surface area contributed by atoms with Crippen LogP contribution in [0.4, 0.5) is 0 Å². The Morgan fingerprint density at radius 2 is 1.82 bits per heavy atom. The molecule has 0 aliphatic heterocycles. The molecule has 0 aromatic heterocycles. The lowest BCUT2D eigenvalue weighted by Gasteiger charge is -2.29. The van der Waals surface area contributed by atoms with Crippen molar-refractivity contribution in [1.82, 2.24) is 0 Å².